The molecule has 0 saturated carbocycles. The molecule has 1 fully saturated rings. The number of aromatic nitrogens is 2. The van der Waals surface area contributed by atoms with Crippen molar-refractivity contribution in [3.05, 3.63) is 60.4 Å². The van der Waals surface area contributed by atoms with Crippen molar-refractivity contribution in [1.82, 2.24) is 9.97 Å². The van der Waals surface area contributed by atoms with E-state index in [1.54, 1.807) is 0 Å². The van der Waals surface area contributed by atoms with E-state index in [-0.39, 0.29) is 0 Å². The van der Waals surface area contributed by atoms with Gasteiger partial charge in [-0.3, -0.25) is 4.98 Å². The third kappa shape index (κ3) is 2.29. The van der Waals surface area contributed by atoms with Crippen molar-refractivity contribution in [3.63, 3.8) is 0 Å². The fraction of sp³-hybridized carbons (Fsp3) is 0.278. The number of benzene rings is 1. The molecule has 3 heteroatoms. The van der Waals surface area contributed by atoms with Crippen molar-refractivity contribution in [1.29, 1.82) is 0 Å². The molecule has 3 heterocycles. The quantitative estimate of drug-likeness (QED) is 0.757. The monoisotopic (exact) mass is 277 g/mol. The first kappa shape index (κ1) is 12.5. The van der Waals surface area contributed by atoms with Gasteiger partial charge in [0.25, 0.3) is 0 Å². The number of nitrogens with zero attached hydrogens (tertiary/aromatic N) is 2. The lowest BCUT2D eigenvalue weighted by molar-refractivity contribution is 0.463. The fourth-order valence-electron chi connectivity index (χ4n) is 3.31. The average molecular weight is 277 g/mol. The molecule has 0 radical (unpaired) electrons. The van der Waals surface area contributed by atoms with Crippen molar-refractivity contribution < 1.29 is 0 Å². The van der Waals surface area contributed by atoms with Crippen molar-refractivity contribution >= 4 is 16.7 Å². The van der Waals surface area contributed by atoms with E-state index in [9.17, 15) is 0 Å². The number of hydrogen-bond donors (Lipinski definition) is 1. The first-order valence-electron chi connectivity index (χ1n) is 7.67. The Morgan fingerprint density at radius 3 is 2.81 bits per heavy atom. The van der Waals surface area contributed by atoms with Crippen LogP contribution in [0.15, 0.2) is 54.7 Å². The van der Waals surface area contributed by atoms with Crippen LogP contribution in [-0.4, -0.2) is 16.5 Å². The minimum Gasteiger partial charge on any atom is -0.350 e. The van der Waals surface area contributed by atoms with Gasteiger partial charge in [-0.2, -0.15) is 0 Å². The summed E-state index contributed by atoms with van der Waals surface area (Å²) in [4.78, 5) is 10.6. The lowest BCUT2D eigenvalue weighted by atomic mass is 9.99. The number of rotatable bonds is 2. The van der Waals surface area contributed by atoms with Gasteiger partial charge in [0.05, 0.1) is 11.7 Å². The highest BCUT2D eigenvalue weighted by atomic mass is 15.2. The van der Waals surface area contributed by atoms with Crippen molar-refractivity contribution in [2.75, 3.05) is 11.4 Å². The zero-order valence-electron chi connectivity index (χ0n) is 12.0. The number of aromatic amines is 1. The van der Waals surface area contributed by atoms with Gasteiger partial charge in [0, 0.05) is 23.6 Å². The highest BCUT2D eigenvalue weighted by Crippen LogP contribution is 2.34. The van der Waals surface area contributed by atoms with Crippen LogP contribution in [0.2, 0.25) is 0 Å². The molecule has 1 N–H and O–H groups in total. The Balaban J connectivity index is 1.73. The SMILES string of the molecule is c1ccc(C2CCCCN2c2cc3ccccc3[nH]2)nc1. The van der Waals surface area contributed by atoms with E-state index in [0.29, 0.717) is 6.04 Å². The van der Waals surface area contributed by atoms with Gasteiger partial charge in [-0.25, -0.2) is 0 Å². The molecule has 1 unspecified atom stereocenters. The van der Waals surface area contributed by atoms with Crippen LogP contribution in [0.5, 0.6) is 0 Å². The number of H-pyrrole nitrogens is 1. The number of fused-ring (bicyclic) bond motifs is 1. The number of hydrogen-bond acceptors (Lipinski definition) is 2. The first-order valence-corrected chi connectivity index (χ1v) is 7.67. The van der Waals surface area contributed by atoms with E-state index in [0.717, 1.165) is 6.54 Å². The van der Waals surface area contributed by atoms with Crippen LogP contribution in [0.3, 0.4) is 0 Å². The molecule has 2 aromatic heterocycles. The third-order valence-electron chi connectivity index (χ3n) is 4.36. The molecule has 1 aromatic carbocycles. The first-order chi connectivity index (χ1) is 10.4. The predicted octanol–water partition coefficient (Wildman–Crippen LogP) is 4.29. The molecule has 0 amide bonds. The number of pyridine rings is 1. The maximum Gasteiger partial charge on any atom is 0.107 e. The van der Waals surface area contributed by atoms with Gasteiger partial charge in [0.2, 0.25) is 0 Å². The van der Waals surface area contributed by atoms with Crippen LogP contribution >= 0.6 is 0 Å². The molecular weight excluding hydrogens is 258 g/mol. The highest BCUT2D eigenvalue weighted by Gasteiger charge is 2.26. The largest absolute Gasteiger partial charge is 0.350 e. The van der Waals surface area contributed by atoms with Gasteiger partial charge in [0.15, 0.2) is 0 Å². The normalized spacial score (nSPS) is 19.0. The Hall–Kier alpha value is -2.29. The van der Waals surface area contributed by atoms with Crippen LogP contribution in [0, 0.1) is 0 Å². The average Bonchev–Trinajstić information content (AvgIpc) is 2.99. The molecule has 3 aromatic rings. The maximum absolute atomic E-state index is 4.58. The van der Waals surface area contributed by atoms with Gasteiger partial charge < -0.3 is 9.88 Å². The van der Waals surface area contributed by atoms with Gasteiger partial charge in [-0.1, -0.05) is 24.3 Å². The molecule has 1 saturated heterocycles. The van der Waals surface area contributed by atoms with Gasteiger partial charge in [0.1, 0.15) is 5.82 Å². The summed E-state index contributed by atoms with van der Waals surface area (Å²) in [7, 11) is 0. The summed E-state index contributed by atoms with van der Waals surface area (Å²) < 4.78 is 0. The predicted molar refractivity (Wildman–Crippen MR) is 86.5 cm³/mol. The lowest BCUT2D eigenvalue weighted by Crippen LogP contribution is -2.34. The van der Waals surface area contributed by atoms with E-state index in [4.69, 9.17) is 0 Å². The zero-order chi connectivity index (χ0) is 14.1. The summed E-state index contributed by atoms with van der Waals surface area (Å²) >= 11 is 0. The number of piperidine rings is 1. The van der Waals surface area contributed by atoms with E-state index in [1.807, 2.05) is 12.3 Å². The second kappa shape index (κ2) is 5.24. The van der Waals surface area contributed by atoms with Crippen LogP contribution < -0.4 is 4.90 Å². The molecular formula is C18H19N3. The number of para-hydroxylation sites is 1. The Kier molecular flexibility index (Phi) is 3.11. The van der Waals surface area contributed by atoms with Crippen LogP contribution in [-0.2, 0) is 0 Å². The molecule has 21 heavy (non-hydrogen) atoms. The standard InChI is InChI=1S/C18H19N3/c1-2-8-15-14(7-1)13-18(20-15)21-12-6-4-10-17(21)16-9-3-5-11-19-16/h1-3,5,7-9,11,13,17,20H,4,6,10,12H2. The van der Waals surface area contributed by atoms with E-state index < -0.39 is 0 Å². The zero-order valence-corrected chi connectivity index (χ0v) is 12.0. The van der Waals surface area contributed by atoms with Crippen LogP contribution in [0.4, 0.5) is 5.82 Å². The van der Waals surface area contributed by atoms with Crippen LogP contribution in [0.25, 0.3) is 10.9 Å². The molecule has 4 rings (SSSR count). The van der Waals surface area contributed by atoms with E-state index >= 15 is 0 Å². The van der Waals surface area contributed by atoms with Gasteiger partial charge in [-0.05, 0) is 43.5 Å². The Bertz CT molecular complexity index is 699. The Morgan fingerprint density at radius 1 is 1.05 bits per heavy atom. The van der Waals surface area contributed by atoms with Crippen molar-refractivity contribution in [2.45, 2.75) is 25.3 Å². The second-order valence-corrected chi connectivity index (χ2v) is 5.70. The highest BCUT2D eigenvalue weighted by molar-refractivity contribution is 5.84. The fourth-order valence-corrected chi connectivity index (χ4v) is 3.31. The van der Waals surface area contributed by atoms with Gasteiger partial charge in [-0.15, -0.1) is 0 Å². The Morgan fingerprint density at radius 2 is 1.95 bits per heavy atom. The Labute approximate surface area is 124 Å². The van der Waals surface area contributed by atoms with Crippen LogP contribution in [0.1, 0.15) is 31.0 Å². The van der Waals surface area contributed by atoms with Crippen molar-refractivity contribution in [2.24, 2.45) is 0 Å². The summed E-state index contributed by atoms with van der Waals surface area (Å²) in [5.74, 6) is 1.21. The molecule has 3 nitrogen and oxygen atoms in total. The minimum absolute atomic E-state index is 0.382. The summed E-state index contributed by atoms with van der Waals surface area (Å²) in [6.07, 6.45) is 5.59. The molecule has 0 spiro atoms. The number of nitrogens with one attached hydrogen (secondary N) is 1. The summed E-state index contributed by atoms with van der Waals surface area (Å²) in [5.41, 5.74) is 2.38. The minimum atomic E-state index is 0.382. The van der Waals surface area contributed by atoms with E-state index in [1.165, 1.54) is 41.7 Å². The molecule has 1 aliphatic heterocycles. The summed E-state index contributed by atoms with van der Waals surface area (Å²) in [5, 5.41) is 1.28. The topological polar surface area (TPSA) is 31.9 Å². The third-order valence-corrected chi connectivity index (χ3v) is 4.36. The lowest BCUT2D eigenvalue weighted by Gasteiger charge is -2.36. The molecule has 1 atom stereocenters. The summed E-state index contributed by atoms with van der Waals surface area (Å²) in [6.45, 7) is 1.09. The molecule has 0 aliphatic carbocycles. The maximum atomic E-state index is 4.58. The summed E-state index contributed by atoms with van der Waals surface area (Å²) in [6, 6.07) is 17.3. The smallest absolute Gasteiger partial charge is 0.107 e. The molecule has 0 bridgehead atoms. The number of anilines is 1. The van der Waals surface area contributed by atoms with Gasteiger partial charge >= 0.3 is 0 Å². The second-order valence-electron chi connectivity index (χ2n) is 5.70. The molecule has 106 valence electrons. The van der Waals surface area contributed by atoms with Crippen molar-refractivity contribution in [3.8, 4) is 0 Å². The molecule has 1 aliphatic rings. The van der Waals surface area contributed by atoms with E-state index in [2.05, 4.69) is 57.3 Å².